The van der Waals surface area contributed by atoms with E-state index in [1.54, 1.807) is 30.5 Å². The number of carbonyl (C=O) groups is 1. The molecular weight excluding hydrogens is 401 g/mol. The third-order valence-corrected chi connectivity index (χ3v) is 7.11. The van der Waals surface area contributed by atoms with Crippen LogP contribution in [0.4, 0.5) is 5.69 Å². The molecule has 1 saturated heterocycles. The van der Waals surface area contributed by atoms with Crippen LogP contribution in [0, 0.1) is 0 Å². The molecule has 0 saturated carbocycles. The van der Waals surface area contributed by atoms with Crippen LogP contribution < -0.4 is 0 Å². The van der Waals surface area contributed by atoms with Crippen LogP contribution in [0.15, 0.2) is 53.8 Å². The number of ketones is 1. The third-order valence-electron chi connectivity index (χ3n) is 5.33. The molecular formula is C22H28N3O4P. The summed E-state index contributed by atoms with van der Waals surface area (Å²) in [6.07, 6.45) is 6.76. The summed E-state index contributed by atoms with van der Waals surface area (Å²) in [5, 5.41) is 0. The van der Waals surface area contributed by atoms with E-state index in [4.69, 9.17) is 14.0 Å². The number of nitrogens with zero attached hydrogens (tertiary/aromatic N) is 3. The molecule has 1 aliphatic heterocycles. The molecule has 1 atom stereocenters. The quantitative estimate of drug-likeness (QED) is 0.266. The standard InChI is InChI=1S/C22H28N3O4P/c1-17(26)18-9-11-20(12-10-18)24-22(16-30(27,28-2)29-3)25-14-5-4-8-21(25)19-7-6-13-23-15-19/h6-7,9-13,15,21H,4-5,8,14,16H2,1-3H3. The largest absolute Gasteiger partial charge is 0.352 e. The maximum atomic E-state index is 13.0. The van der Waals surface area contributed by atoms with Gasteiger partial charge < -0.3 is 13.9 Å². The normalized spacial score (nSPS) is 17.8. The zero-order valence-corrected chi connectivity index (χ0v) is 18.5. The van der Waals surface area contributed by atoms with Crippen molar-refractivity contribution < 1.29 is 18.4 Å². The van der Waals surface area contributed by atoms with Crippen molar-refractivity contribution in [2.75, 3.05) is 26.9 Å². The zero-order valence-electron chi connectivity index (χ0n) is 17.7. The molecule has 1 fully saturated rings. The first-order valence-electron chi connectivity index (χ1n) is 10.0. The lowest BCUT2D eigenvalue weighted by molar-refractivity contribution is 0.101. The molecule has 0 bridgehead atoms. The van der Waals surface area contributed by atoms with Gasteiger partial charge in [-0.25, -0.2) is 4.99 Å². The second kappa shape index (κ2) is 10.1. The highest BCUT2D eigenvalue weighted by Crippen LogP contribution is 2.47. The van der Waals surface area contributed by atoms with Crippen molar-refractivity contribution in [3.8, 4) is 0 Å². The summed E-state index contributed by atoms with van der Waals surface area (Å²) in [4.78, 5) is 22.8. The minimum Gasteiger partial charge on any atom is -0.352 e. The number of piperidine rings is 1. The van der Waals surface area contributed by atoms with Crippen LogP contribution in [0.2, 0.25) is 0 Å². The molecule has 30 heavy (non-hydrogen) atoms. The Morgan fingerprint density at radius 1 is 1.20 bits per heavy atom. The molecule has 8 heteroatoms. The minimum absolute atomic E-state index is 0.00157. The monoisotopic (exact) mass is 429 g/mol. The number of likely N-dealkylation sites (tertiary alicyclic amines) is 1. The van der Waals surface area contributed by atoms with E-state index in [0.717, 1.165) is 31.4 Å². The van der Waals surface area contributed by atoms with Gasteiger partial charge in [-0.2, -0.15) is 0 Å². The van der Waals surface area contributed by atoms with E-state index in [0.29, 0.717) is 17.1 Å². The Hall–Kier alpha value is -2.34. The van der Waals surface area contributed by atoms with Gasteiger partial charge in [-0.3, -0.25) is 14.3 Å². The molecule has 2 heterocycles. The molecule has 0 amide bonds. The van der Waals surface area contributed by atoms with Crippen LogP contribution in [0.25, 0.3) is 0 Å². The van der Waals surface area contributed by atoms with E-state index in [-0.39, 0.29) is 18.0 Å². The fraction of sp³-hybridized carbons (Fsp3) is 0.409. The fourth-order valence-corrected chi connectivity index (χ4v) is 4.65. The van der Waals surface area contributed by atoms with Crippen molar-refractivity contribution >= 4 is 24.9 Å². The maximum Gasteiger partial charge on any atom is 0.337 e. The lowest BCUT2D eigenvalue weighted by Gasteiger charge is -2.38. The maximum absolute atomic E-state index is 13.0. The Morgan fingerprint density at radius 2 is 1.93 bits per heavy atom. The van der Waals surface area contributed by atoms with Gasteiger partial charge in [0.15, 0.2) is 5.78 Å². The summed E-state index contributed by atoms with van der Waals surface area (Å²) in [6.45, 7) is 2.32. The van der Waals surface area contributed by atoms with Crippen LogP contribution in [0.3, 0.4) is 0 Å². The molecule has 1 unspecified atom stereocenters. The van der Waals surface area contributed by atoms with Gasteiger partial charge in [0, 0.05) is 38.7 Å². The van der Waals surface area contributed by atoms with Gasteiger partial charge in [-0.05, 0) is 62.1 Å². The lowest BCUT2D eigenvalue weighted by Crippen LogP contribution is -2.40. The molecule has 7 nitrogen and oxygen atoms in total. The topological polar surface area (TPSA) is 81.1 Å². The SMILES string of the molecule is COP(=O)(CC(=Nc1ccc(C(C)=O)cc1)N1CCCCC1c1cccnc1)OC. The van der Waals surface area contributed by atoms with Gasteiger partial charge >= 0.3 is 7.60 Å². The van der Waals surface area contributed by atoms with E-state index in [1.807, 2.05) is 12.3 Å². The Kier molecular flexibility index (Phi) is 7.53. The molecule has 0 N–H and O–H groups in total. The summed E-state index contributed by atoms with van der Waals surface area (Å²) < 4.78 is 23.4. The van der Waals surface area contributed by atoms with E-state index >= 15 is 0 Å². The minimum atomic E-state index is -3.33. The molecule has 1 aromatic carbocycles. The molecule has 0 spiro atoms. The average molecular weight is 429 g/mol. The first kappa shape index (κ1) is 22.3. The summed E-state index contributed by atoms with van der Waals surface area (Å²) in [5.41, 5.74) is 2.41. The molecule has 0 aliphatic carbocycles. The summed E-state index contributed by atoms with van der Waals surface area (Å²) in [6, 6.07) is 11.2. The summed E-state index contributed by atoms with van der Waals surface area (Å²) in [7, 11) is -0.552. The Labute approximate surface area is 177 Å². The Bertz CT molecular complexity index is 923. The van der Waals surface area contributed by atoms with Crippen LogP contribution in [-0.2, 0) is 13.6 Å². The number of hydrogen-bond donors (Lipinski definition) is 0. The number of hydrogen-bond acceptors (Lipinski definition) is 6. The number of rotatable bonds is 7. The molecule has 0 radical (unpaired) electrons. The van der Waals surface area contributed by atoms with E-state index < -0.39 is 7.60 Å². The number of aliphatic imine (C=N–C) groups is 1. The fourth-order valence-electron chi connectivity index (χ4n) is 3.65. The van der Waals surface area contributed by atoms with E-state index in [9.17, 15) is 9.36 Å². The number of pyridine rings is 1. The lowest BCUT2D eigenvalue weighted by atomic mass is 9.96. The number of aromatic nitrogens is 1. The van der Waals surface area contributed by atoms with Gasteiger partial charge in [0.05, 0.1) is 11.7 Å². The first-order valence-corrected chi connectivity index (χ1v) is 11.7. The average Bonchev–Trinajstić information content (AvgIpc) is 2.79. The van der Waals surface area contributed by atoms with Gasteiger partial charge in [-0.1, -0.05) is 6.07 Å². The number of Topliss-reactive ketones (excluding diaryl/α,β-unsaturated/α-hetero) is 1. The van der Waals surface area contributed by atoms with Crippen molar-refractivity contribution in [1.29, 1.82) is 0 Å². The van der Waals surface area contributed by atoms with Gasteiger partial charge in [0.2, 0.25) is 0 Å². The molecule has 2 aromatic rings. The van der Waals surface area contributed by atoms with Crippen LogP contribution in [0.1, 0.15) is 48.1 Å². The molecule has 1 aromatic heterocycles. The second-order valence-electron chi connectivity index (χ2n) is 7.26. The van der Waals surface area contributed by atoms with Crippen molar-refractivity contribution in [3.05, 3.63) is 59.9 Å². The van der Waals surface area contributed by atoms with Crippen molar-refractivity contribution in [1.82, 2.24) is 9.88 Å². The molecule has 1 aliphatic rings. The number of benzene rings is 1. The van der Waals surface area contributed by atoms with Crippen molar-refractivity contribution in [3.63, 3.8) is 0 Å². The third kappa shape index (κ3) is 5.42. The van der Waals surface area contributed by atoms with Crippen molar-refractivity contribution in [2.45, 2.75) is 32.2 Å². The number of amidine groups is 1. The number of carbonyl (C=O) groups excluding carboxylic acids is 1. The Balaban J connectivity index is 2.01. The van der Waals surface area contributed by atoms with Crippen LogP contribution in [0.5, 0.6) is 0 Å². The van der Waals surface area contributed by atoms with Crippen LogP contribution >= 0.6 is 7.60 Å². The predicted octanol–water partition coefficient (Wildman–Crippen LogP) is 5.03. The van der Waals surface area contributed by atoms with Gasteiger partial charge in [0.1, 0.15) is 12.0 Å². The highest BCUT2D eigenvalue weighted by molar-refractivity contribution is 7.54. The molecule has 3 rings (SSSR count). The summed E-state index contributed by atoms with van der Waals surface area (Å²) in [5.74, 6) is 0.646. The van der Waals surface area contributed by atoms with Gasteiger partial charge in [0.25, 0.3) is 0 Å². The smallest absolute Gasteiger partial charge is 0.337 e. The highest BCUT2D eigenvalue weighted by Gasteiger charge is 2.32. The molecule has 160 valence electrons. The first-order chi connectivity index (χ1) is 14.5. The highest BCUT2D eigenvalue weighted by atomic mass is 31.2. The Morgan fingerprint density at radius 3 is 2.53 bits per heavy atom. The second-order valence-corrected chi connectivity index (χ2v) is 9.52. The van der Waals surface area contributed by atoms with E-state index in [2.05, 4.69) is 16.0 Å². The zero-order chi connectivity index (χ0) is 21.6. The van der Waals surface area contributed by atoms with E-state index in [1.165, 1.54) is 21.1 Å². The van der Waals surface area contributed by atoms with Crippen molar-refractivity contribution in [2.24, 2.45) is 4.99 Å². The van der Waals surface area contributed by atoms with Crippen LogP contribution in [-0.4, -0.2) is 48.4 Å². The predicted molar refractivity (Wildman–Crippen MR) is 118 cm³/mol. The van der Waals surface area contributed by atoms with Gasteiger partial charge in [-0.15, -0.1) is 0 Å². The summed E-state index contributed by atoms with van der Waals surface area (Å²) >= 11 is 0.